The van der Waals surface area contributed by atoms with Crippen molar-refractivity contribution < 1.29 is 41.2 Å². The summed E-state index contributed by atoms with van der Waals surface area (Å²) in [5.41, 5.74) is 0.366. The molecule has 9 heteroatoms. The zero-order chi connectivity index (χ0) is 21.6. The first-order chi connectivity index (χ1) is 14.3. The van der Waals surface area contributed by atoms with Gasteiger partial charge in [-0.2, -0.15) is 13.2 Å². The third-order valence-corrected chi connectivity index (χ3v) is 5.35. The first-order valence-corrected chi connectivity index (χ1v) is 10.3. The van der Waals surface area contributed by atoms with E-state index in [1.54, 1.807) is 0 Å². The number of alkyl halides is 3. The van der Waals surface area contributed by atoms with Crippen LogP contribution in [0.15, 0.2) is 18.2 Å². The third kappa shape index (κ3) is 5.84. The zero-order valence-corrected chi connectivity index (χ0v) is 17.0. The third-order valence-electron chi connectivity index (χ3n) is 5.35. The van der Waals surface area contributed by atoms with Gasteiger partial charge in [0.1, 0.15) is 6.79 Å². The molecule has 0 N–H and O–H groups in total. The highest BCUT2D eigenvalue weighted by atomic mass is 19.4. The number of hydrogen-bond acceptors (Lipinski definition) is 5. The van der Waals surface area contributed by atoms with E-state index < -0.39 is 30.1 Å². The van der Waals surface area contributed by atoms with E-state index in [-0.39, 0.29) is 18.6 Å². The van der Waals surface area contributed by atoms with Gasteiger partial charge >= 0.3 is 6.18 Å². The van der Waals surface area contributed by atoms with Crippen molar-refractivity contribution in [3.8, 4) is 5.75 Å². The lowest BCUT2D eigenvalue weighted by Crippen LogP contribution is -2.51. The maximum atomic E-state index is 14.5. The number of unbranched alkanes of at least 4 members (excludes halogenated alkanes) is 2. The van der Waals surface area contributed by atoms with Gasteiger partial charge in [-0.25, -0.2) is 4.39 Å². The van der Waals surface area contributed by atoms with E-state index in [1.807, 2.05) is 0 Å². The highest BCUT2D eigenvalue weighted by molar-refractivity contribution is 5.32. The first-order valence-electron chi connectivity index (χ1n) is 10.3. The Hall–Kier alpha value is -1.42. The number of halogens is 4. The van der Waals surface area contributed by atoms with Gasteiger partial charge in [0.05, 0.1) is 32.3 Å². The molecule has 2 heterocycles. The number of rotatable bonds is 8. The number of benzene rings is 1. The molecule has 0 aromatic heterocycles. The Morgan fingerprint density at radius 3 is 2.37 bits per heavy atom. The number of ether oxygens (including phenoxy) is 5. The highest BCUT2D eigenvalue weighted by Gasteiger charge is 2.48. The van der Waals surface area contributed by atoms with Crippen molar-refractivity contribution in [2.24, 2.45) is 11.8 Å². The van der Waals surface area contributed by atoms with Crippen molar-refractivity contribution in [1.82, 2.24) is 0 Å². The molecule has 0 aliphatic carbocycles. The van der Waals surface area contributed by atoms with Crippen molar-refractivity contribution in [3.05, 3.63) is 29.6 Å². The fourth-order valence-corrected chi connectivity index (χ4v) is 3.76. The van der Waals surface area contributed by atoms with Crippen LogP contribution >= 0.6 is 0 Å². The van der Waals surface area contributed by atoms with E-state index in [0.29, 0.717) is 32.0 Å². The molecular weight excluding hydrogens is 408 g/mol. The van der Waals surface area contributed by atoms with Crippen molar-refractivity contribution in [1.29, 1.82) is 0 Å². The molecule has 5 nitrogen and oxygen atoms in total. The normalized spacial score (nSPS) is 26.0. The molecule has 2 fully saturated rings. The molecule has 0 spiro atoms. The van der Waals surface area contributed by atoms with Crippen LogP contribution in [0, 0.1) is 17.7 Å². The molecule has 170 valence electrons. The van der Waals surface area contributed by atoms with Gasteiger partial charge < -0.3 is 23.7 Å². The zero-order valence-electron chi connectivity index (χ0n) is 17.0. The molecule has 1 aromatic rings. The fourth-order valence-electron chi connectivity index (χ4n) is 3.76. The second kappa shape index (κ2) is 10.3. The molecule has 2 aliphatic heterocycles. The summed E-state index contributed by atoms with van der Waals surface area (Å²) in [5, 5.41) is 0. The van der Waals surface area contributed by atoms with Crippen molar-refractivity contribution >= 4 is 0 Å². The van der Waals surface area contributed by atoms with Gasteiger partial charge in [-0.05, 0) is 24.6 Å². The molecule has 0 atom stereocenters. The van der Waals surface area contributed by atoms with Crippen LogP contribution in [0.4, 0.5) is 17.6 Å². The van der Waals surface area contributed by atoms with Crippen molar-refractivity contribution in [2.75, 3.05) is 39.8 Å². The Labute approximate surface area is 173 Å². The van der Waals surface area contributed by atoms with E-state index in [4.69, 9.17) is 18.9 Å². The molecule has 0 unspecified atom stereocenters. The van der Waals surface area contributed by atoms with Gasteiger partial charge in [0.15, 0.2) is 18.2 Å². The smallest absolute Gasteiger partial charge is 0.422 e. The minimum absolute atomic E-state index is 0.158. The largest absolute Gasteiger partial charge is 0.481 e. The van der Waals surface area contributed by atoms with E-state index in [0.717, 1.165) is 31.7 Å². The molecule has 30 heavy (non-hydrogen) atoms. The molecule has 3 rings (SSSR count). The van der Waals surface area contributed by atoms with Crippen LogP contribution in [0.3, 0.4) is 0 Å². The fraction of sp³-hybridized carbons (Fsp3) is 0.714. The van der Waals surface area contributed by atoms with Crippen LogP contribution in [0.25, 0.3) is 0 Å². The molecule has 0 saturated carbocycles. The molecule has 1 aromatic carbocycles. The lowest BCUT2D eigenvalue weighted by molar-refractivity contribution is -0.341. The van der Waals surface area contributed by atoms with Crippen LogP contribution in [0.2, 0.25) is 0 Å². The standard InChI is InChI=1S/C21H28F4O5/c1-2-3-4-5-15-9-29-21(30-10-15,17-11-26-14-27-12-17)16-6-7-19(18(22)8-16)28-13-20(23,24)25/h6-8,15,17H,2-5,9-14H2,1H3/t15-,21-. The van der Waals surface area contributed by atoms with Crippen LogP contribution in [-0.2, 0) is 24.7 Å². The molecule has 2 aliphatic rings. The molecular formula is C21H28F4O5. The van der Waals surface area contributed by atoms with Gasteiger partial charge in [0.2, 0.25) is 5.79 Å². The monoisotopic (exact) mass is 436 g/mol. The number of hydrogen-bond donors (Lipinski definition) is 0. The Morgan fingerprint density at radius 1 is 1.07 bits per heavy atom. The first kappa shape index (κ1) is 23.2. The Bertz CT molecular complexity index is 668. The molecule has 0 radical (unpaired) electrons. The van der Waals surface area contributed by atoms with Crippen molar-refractivity contribution in [3.63, 3.8) is 0 Å². The summed E-state index contributed by atoms with van der Waals surface area (Å²) in [5.74, 6) is -2.79. The van der Waals surface area contributed by atoms with Crippen LogP contribution < -0.4 is 4.74 Å². The molecule has 2 saturated heterocycles. The van der Waals surface area contributed by atoms with E-state index in [2.05, 4.69) is 11.7 Å². The average Bonchev–Trinajstić information content (AvgIpc) is 2.73. The molecule has 0 bridgehead atoms. The Kier molecular flexibility index (Phi) is 7.95. The average molecular weight is 436 g/mol. The minimum Gasteiger partial charge on any atom is -0.481 e. The second-order valence-electron chi connectivity index (χ2n) is 7.76. The topological polar surface area (TPSA) is 46.2 Å². The minimum atomic E-state index is -4.55. The van der Waals surface area contributed by atoms with Gasteiger partial charge in [-0.3, -0.25) is 0 Å². The molecule has 0 amide bonds. The second-order valence-corrected chi connectivity index (χ2v) is 7.76. The summed E-state index contributed by atoms with van der Waals surface area (Å²) in [4.78, 5) is 0. The van der Waals surface area contributed by atoms with Gasteiger partial charge in [-0.1, -0.05) is 26.2 Å². The Morgan fingerprint density at radius 2 is 1.77 bits per heavy atom. The summed E-state index contributed by atoms with van der Waals surface area (Å²) in [6, 6.07) is 3.75. The summed E-state index contributed by atoms with van der Waals surface area (Å²) >= 11 is 0. The van der Waals surface area contributed by atoms with Crippen LogP contribution in [0.1, 0.15) is 38.2 Å². The van der Waals surface area contributed by atoms with Gasteiger partial charge in [-0.15, -0.1) is 0 Å². The summed E-state index contributed by atoms with van der Waals surface area (Å²) in [6.45, 7) is 2.21. The van der Waals surface area contributed by atoms with E-state index in [9.17, 15) is 17.6 Å². The predicted octanol–water partition coefficient (Wildman–Crippen LogP) is 4.78. The summed E-state index contributed by atoms with van der Waals surface area (Å²) in [7, 11) is 0. The Balaban J connectivity index is 1.77. The van der Waals surface area contributed by atoms with Crippen LogP contribution in [0.5, 0.6) is 5.75 Å². The highest BCUT2D eigenvalue weighted by Crippen LogP contribution is 2.42. The van der Waals surface area contributed by atoms with Gasteiger partial charge in [0.25, 0.3) is 0 Å². The van der Waals surface area contributed by atoms with Crippen LogP contribution in [-0.4, -0.2) is 46.0 Å². The predicted molar refractivity (Wildman–Crippen MR) is 99.4 cm³/mol. The summed E-state index contributed by atoms with van der Waals surface area (Å²) in [6.07, 6.45) is -0.240. The van der Waals surface area contributed by atoms with E-state index >= 15 is 0 Å². The maximum Gasteiger partial charge on any atom is 0.422 e. The SMILES string of the molecule is CCCCC[C@H]1CO[C@](c2ccc(OCC(F)(F)F)c(F)c2)(C2COCOC2)OC1. The van der Waals surface area contributed by atoms with Gasteiger partial charge in [0, 0.05) is 11.5 Å². The quantitative estimate of drug-likeness (QED) is 0.434. The summed E-state index contributed by atoms with van der Waals surface area (Å²) < 4.78 is 79.4. The lowest BCUT2D eigenvalue weighted by atomic mass is 9.89. The van der Waals surface area contributed by atoms with Crippen molar-refractivity contribution in [2.45, 2.75) is 44.6 Å². The maximum absolute atomic E-state index is 14.5. The van der Waals surface area contributed by atoms with E-state index in [1.165, 1.54) is 12.1 Å². The lowest BCUT2D eigenvalue weighted by Gasteiger charge is -2.46.